The number of hydrogen-bond donors (Lipinski definition) is 1. The van der Waals surface area contributed by atoms with Crippen LogP contribution in [0.1, 0.15) is 17.4 Å². The average molecular weight is 273 g/mol. The van der Waals surface area contributed by atoms with E-state index in [1.165, 1.54) is 10.7 Å². The van der Waals surface area contributed by atoms with Gasteiger partial charge in [0.05, 0.1) is 18.0 Å². The molecule has 1 N–H and O–H groups in total. The van der Waals surface area contributed by atoms with Crippen LogP contribution in [-0.2, 0) is 4.74 Å². The largest absolute Gasteiger partial charge is 0.461 e. The van der Waals surface area contributed by atoms with Crippen molar-refractivity contribution in [2.75, 3.05) is 19.0 Å². The molecule has 2 aromatic rings. The maximum atomic E-state index is 12.0. The lowest BCUT2D eigenvalue weighted by Crippen LogP contribution is -2.25. The molecule has 0 atom stereocenters. The van der Waals surface area contributed by atoms with Gasteiger partial charge < -0.3 is 10.1 Å². The molecule has 6 nitrogen and oxygen atoms in total. The highest BCUT2D eigenvalue weighted by Crippen LogP contribution is 2.12. The fourth-order valence-corrected chi connectivity index (χ4v) is 1.75. The van der Waals surface area contributed by atoms with Crippen LogP contribution in [0.3, 0.4) is 0 Å². The Morgan fingerprint density at radius 1 is 1.35 bits per heavy atom. The van der Waals surface area contributed by atoms with Crippen LogP contribution in [0.2, 0.25) is 0 Å². The lowest BCUT2D eigenvalue weighted by Gasteiger charge is -2.10. The first-order valence-electron chi connectivity index (χ1n) is 6.22. The van der Waals surface area contributed by atoms with E-state index in [0.29, 0.717) is 11.4 Å². The molecule has 0 aliphatic rings. The number of aromatic nitrogens is 2. The minimum atomic E-state index is -0.568. The Kier molecular flexibility index (Phi) is 4.14. The molecule has 0 fully saturated rings. The van der Waals surface area contributed by atoms with Gasteiger partial charge >= 0.3 is 5.97 Å². The molecule has 20 heavy (non-hydrogen) atoms. The molecule has 104 valence electrons. The lowest BCUT2D eigenvalue weighted by molar-refractivity contribution is 0.0518. The number of esters is 1. The second kappa shape index (κ2) is 6.01. The Labute approximate surface area is 116 Å². The van der Waals surface area contributed by atoms with E-state index in [4.69, 9.17) is 4.74 Å². The van der Waals surface area contributed by atoms with E-state index < -0.39 is 5.97 Å². The second-order valence-electron chi connectivity index (χ2n) is 3.96. The molecule has 0 spiro atoms. The first-order valence-corrected chi connectivity index (χ1v) is 6.22. The zero-order chi connectivity index (χ0) is 14.5. The van der Waals surface area contributed by atoms with Crippen molar-refractivity contribution in [1.29, 1.82) is 0 Å². The summed E-state index contributed by atoms with van der Waals surface area (Å²) in [7, 11) is 1.62. The van der Waals surface area contributed by atoms with E-state index in [1.54, 1.807) is 38.2 Å². The summed E-state index contributed by atoms with van der Waals surface area (Å²) in [5.74, 6) is -0.568. The van der Waals surface area contributed by atoms with Crippen molar-refractivity contribution < 1.29 is 9.53 Å². The predicted molar refractivity (Wildman–Crippen MR) is 75.3 cm³/mol. The van der Waals surface area contributed by atoms with Crippen molar-refractivity contribution in [3.63, 3.8) is 0 Å². The van der Waals surface area contributed by atoms with E-state index in [1.807, 2.05) is 6.07 Å². The topological polar surface area (TPSA) is 73.2 Å². The lowest BCUT2D eigenvalue weighted by atomic mass is 10.3. The molecule has 0 saturated carbocycles. The van der Waals surface area contributed by atoms with Gasteiger partial charge in [-0.15, -0.1) is 0 Å². The van der Waals surface area contributed by atoms with Gasteiger partial charge in [-0.3, -0.25) is 4.79 Å². The van der Waals surface area contributed by atoms with Crippen molar-refractivity contribution in [3.05, 3.63) is 52.4 Å². The molecule has 0 aliphatic carbocycles. The fraction of sp³-hybridized carbons (Fsp3) is 0.214. The third-order valence-electron chi connectivity index (χ3n) is 2.67. The number of nitrogens with zero attached hydrogens (tertiary/aromatic N) is 2. The molecule has 0 aliphatic heterocycles. The molecule has 0 saturated heterocycles. The Morgan fingerprint density at radius 2 is 2.05 bits per heavy atom. The third kappa shape index (κ3) is 2.69. The van der Waals surface area contributed by atoms with Gasteiger partial charge in [0.15, 0.2) is 5.69 Å². The molecule has 1 heterocycles. The highest BCUT2D eigenvalue weighted by molar-refractivity contribution is 5.93. The van der Waals surface area contributed by atoms with Gasteiger partial charge in [0, 0.05) is 13.1 Å². The molecule has 2 rings (SSSR count). The number of carbonyl (C=O) groups excluding carboxylic acids is 1. The third-order valence-corrected chi connectivity index (χ3v) is 2.67. The number of hydrogen-bond acceptors (Lipinski definition) is 5. The molecule has 0 radical (unpaired) electrons. The maximum Gasteiger partial charge on any atom is 0.360 e. The second-order valence-corrected chi connectivity index (χ2v) is 3.96. The Balaban J connectivity index is 2.58. The molecule has 0 bridgehead atoms. The molecule has 0 amide bonds. The summed E-state index contributed by atoms with van der Waals surface area (Å²) in [6.45, 7) is 1.96. The predicted octanol–water partition coefficient (Wildman–Crippen LogP) is 1.45. The van der Waals surface area contributed by atoms with Gasteiger partial charge in [0.2, 0.25) is 0 Å². The van der Waals surface area contributed by atoms with Gasteiger partial charge in [-0.2, -0.15) is 9.78 Å². The number of nitrogens with one attached hydrogen (secondary N) is 1. The normalized spacial score (nSPS) is 10.1. The monoisotopic (exact) mass is 273 g/mol. The quantitative estimate of drug-likeness (QED) is 0.853. The van der Waals surface area contributed by atoms with Crippen LogP contribution in [0, 0.1) is 0 Å². The zero-order valence-corrected chi connectivity index (χ0v) is 11.3. The van der Waals surface area contributed by atoms with E-state index >= 15 is 0 Å². The minimum absolute atomic E-state index is 0.0813. The smallest absolute Gasteiger partial charge is 0.360 e. The fourth-order valence-electron chi connectivity index (χ4n) is 1.75. The first kappa shape index (κ1) is 13.8. The molecule has 1 aromatic heterocycles. The molecular weight excluding hydrogens is 258 g/mol. The van der Waals surface area contributed by atoms with Crippen molar-refractivity contribution in [2.24, 2.45) is 0 Å². The number of carbonyl (C=O) groups is 1. The van der Waals surface area contributed by atoms with Crippen molar-refractivity contribution in [2.45, 2.75) is 6.92 Å². The number of para-hydroxylation sites is 1. The standard InChI is InChI=1S/C14H15N3O3/c1-3-20-14(19)13-11(15-2)9-12(18)17(16-13)10-7-5-4-6-8-10/h4-9,15H,3H2,1-2H3. The molecule has 0 unspecified atom stereocenters. The van der Waals surface area contributed by atoms with Crippen LogP contribution in [0.5, 0.6) is 0 Å². The van der Waals surface area contributed by atoms with Gasteiger partial charge in [-0.1, -0.05) is 18.2 Å². The number of rotatable bonds is 4. The van der Waals surface area contributed by atoms with Crippen LogP contribution < -0.4 is 10.9 Å². The minimum Gasteiger partial charge on any atom is -0.461 e. The number of benzene rings is 1. The zero-order valence-electron chi connectivity index (χ0n) is 11.3. The molecule has 1 aromatic carbocycles. The summed E-state index contributed by atoms with van der Waals surface area (Å²) < 4.78 is 6.12. The molecule has 6 heteroatoms. The summed E-state index contributed by atoms with van der Waals surface area (Å²) in [6, 6.07) is 10.2. The average Bonchev–Trinajstić information content (AvgIpc) is 2.48. The Hall–Kier alpha value is -2.63. The summed E-state index contributed by atoms with van der Waals surface area (Å²) >= 11 is 0. The van der Waals surface area contributed by atoms with E-state index in [9.17, 15) is 9.59 Å². The summed E-state index contributed by atoms with van der Waals surface area (Å²) in [5, 5.41) is 6.88. The van der Waals surface area contributed by atoms with E-state index in [0.717, 1.165) is 0 Å². The summed E-state index contributed by atoms with van der Waals surface area (Å²) in [5.41, 5.74) is 0.692. The van der Waals surface area contributed by atoms with Crippen molar-refractivity contribution >= 4 is 11.7 Å². The van der Waals surface area contributed by atoms with Crippen molar-refractivity contribution in [3.8, 4) is 5.69 Å². The first-order chi connectivity index (χ1) is 9.67. The van der Waals surface area contributed by atoms with Crippen LogP contribution in [0.15, 0.2) is 41.2 Å². The van der Waals surface area contributed by atoms with Crippen LogP contribution >= 0.6 is 0 Å². The summed E-state index contributed by atoms with van der Waals surface area (Å²) in [6.07, 6.45) is 0. The van der Waals surface area contributed by atoms with Gasteiger partial charge in [0.25, 0.3) is 5.56 Å². The highest BCUT2D eigenvalue weighted by atomic mass is 16.5. The van der Waals surface area contributed by atoms with E-state index in [2.05, 4.69) is 10.4 Å². The van der Waals surface area contributed by atoms with Crippen LogP contribution in [0.25, 0.3) is 5.69 Å². The molecular formula is C14H15N3O3. The van der Waals surface area contributed by atoms with Gasteiger partial charge in [-0.25, -0.2) is 4.79 Å². The SMILES string of the molecule is CCOC(=O)c1nn(-c2ccccc2)c(=O)cc1NC. The van der Waals surface area contributed by atoms with Gasteiger partial charge in [-0.05, 0) is 19.1 Å². The summed E-state index contributed by atoms with van der Waals surface area (Å²) in [4.78, 5) is 23.9. The van der Waals surface area contributed by atoms with Crippen LogP contribution in [-0.4, -0.2) is 29.4 Å². The highest BCUT2D eigenvalue weighted by Gasteiger charge is 2.17. The Morgan fingerprint density at radius 3 is 2.65 bits per heavy atom. The van der Waals surface area contributed by atoms with E-state index in [-0.39, 0.29) is 17.9 Å². The Bertz CT molecular complexity index is 665. The number of ether oxygens (including phenoxy) is 1. The number of anilines is 1. The maximum absolute atomic E-state index is 12.0. The van der Waals surface area contributed by atoms with Crippen molar-refractivity contribution in [1.82, 2.24) is 9.78 Å². The van der Waals surface area contributed by atoms with Crippen LogP contribution in [0.4, 0.5) is 5.69 Å². The van der Waals surface area contributed by atoms with Gasteiger partial charge in [0.1, 0.15) is 0 Å².